The Hall–Kier alpha value is -5.23. The van der Waals surface area contributed by atoms with E-state index in [0.717, 1.165) is 86.5 Å². The van der Waals surface area contributed by atoms with Gasteiger partial charge in [0.05, 0.1) is 12.8 Å². The van der Waals surface area contributed by atoms with Gasteiger partial charge in [0.15, 0.2) is 5.60 Å². The first-order chi connectivity index (χ1) is 38.7. The zero-order chi connectivity index (χ0) is 57.2. The van der Waals surface area contributed by atoms with Gasteiger partial charge in [-0.15, -0.1) is 0 Å². The van der Waals surface area contributed by atoms with E-state index in [1.807, 2.05) is 0 Å². The number of aliphatic hydroxyl groups is 1. The molecule has 10 aliphatic carbocycles. The van der Waals surface area contributed by atoms with Crippen molar-refractivity contribution in [1.29, 1.82) is 0 Å². The lowest BCUT2D eigenvalue weighted by atomic mass is 9.56. The third-order valence-electron chi connectivity index (χ3n) is 21.4. The molecule has 12 aliphatic rings. The van der Waals surface area contributed by atoms with Crippen LogP contribution in [0.4, 0.5) is 0 Å². The SMILES string of the molecule is C.NCCOc1ccc(C2CCC3(CC2)OOC2(O3)C3CC4CC5CC2CC45C3)cc1.NCCOc1ccc(C2CCC3(CC2)OOC2(O3)C3CC4CC5CC2CC45C3)cc1.O=C(O)/C=C\C(=O)O.O=C(O)CC(O)(CC(=O)O)C(=O)O. The van der Waals surface area contributed by atoms with Gasteiger partial charge < -0.3 is 61.1 Å². The van der Waals surface area contributed by atoms with E-state index in [1.54, 1.807) is 0 Å². The maximum atomic E-state index is 10.3. The van der Waals surface area contributed by atoms with Crippen molar-refractivity contribution >= 4 is 29.8 Å². The van der Waals surface area contributed by atoms with E-state index in [9.17, 15) is 24.0 Å². The van der Waals surface area contributed by atoms with E-state index in [2.05, 4.69) is 48.5 Å². The molecule has 6 bridgehead atoms. The monoisotopic (exact) mass is 1150 g/mol. The fourth-order valence-corrected chi connectivity index (χ4v) is 17.8. The summed E-state index contributed by atoms with van der Waals surface area (Å²) in [4.78, 5) is 74.3. The van der Waals surface area contributed by atoms with Crippen LogP contribution in [0.25, 0.3) is 0 Å². The Morgan fingerprint density at radius 3 is 1.11 bits per heavy atom. The quantitative estimate of drug-likeness (QED) is 0.0616. The molecule has 2 heterocycles. The first kappa shape index (κ1) is 59.9. The third kappa shape index (κ3) is 10.8. The van der Waals surface area contributed by atoms with Crippen LogP contribution in [0.15, 0.2) is 60.7 Å². The Kier molecular flexibility index (Phi) is 16.8. The summed E-state index contributed by atoms with van der Waals surface area (Å²) in [6.07, 6.45) is 20.2. The predicted octanol–water partition coefficient (Wildman–Crippen LogP) is 8.12. The van der Waals surface area contributed by atoms with Crippen molar-refractivity contribution in [2.45, 2.75) is 176 Å². The first-order valence-corrected chi connectivity index (χ1v) is 29.2. The van der Waals surface area contributed by atoms with Crippen molar-refractivity contribution in [2.24, 2.45) is 69.6 Å². The van der Waals surface area contributed by atoms with Gasteiger partial charge in [-0.25, -0.2) is 14.4 Å². The van der Waals surface area contributed by atoms with Crippen molar-refractivity contribution in [3.63, 3.8) is 0 Å². The molecule has 0 aromatic heterocycles. The Morgan fingerprint density at radius 2 is 0.829 bits per heavy atom. The summed E-state index contributed by atoms with van der Waals surface area (Å²) in [5.41, 5.74) is 12.4. The molecule has 2 aromatic carbocycles. The summed E-state index contributed by atoms with van der Waals surface area (Å²) in [5, 5.41) is 49.4. The lowest BCUT2D eigenvalue weighted by Crippen LogP contribution is -2.50. The van der Waals surface area contributed by atoms with E-state index < -0.39 is 71.4 Å². The molecule has 2 aliphatic heterocycles. The van der Waals surface area contributed by atoms with Crippen LogP contribution >= 0.6 is 0 Å². The van der Waals surface area contributed by atoms with Crippen molar-refractivity contribution in [2.75, 3.05) is 26.3 Å². The zero-order valence-electron chi connectivity index (χ0n) is 45.7. The van der Waals surface area contributed by atoms with Gasteiger partial charge in [0.1, 0.15) is 24.7 Å². The Labute approximate surface area is 477 Å². The van der Waals surface area contributed by atoms with Gasteiger partial charge in [-0.2, -0.15) is 19.6 Å². The Bertz CT molecular complexity index is 2480. The molecule has 82 heavy (non-hydrogen) atoms. The number of hydrogen-bond acceptors (Lipinski definition) is 16. The average Bonchev–Trinajstić information content (AvgIpc) is 2.64. The van der Waals surface area contributed by atoms with Crippen LogP contribution in [0.2, 0.25) is 0 Å². The highest BCUT2D eigenvalue weighted by Gasteiger charge is 2.79. The average molecular weight is 1150 g/mol. The number of nitrogens with two attached hydrogens (primary N) is 2. The summed E-state index contributed by atoms with van der Waals surface area (Å²) < 4.78 is 25.1. The Morgan fingerprint density at radius 1 is 0.512 bits per heavy atom. The molecule has 10 N–H and O–H groups in total. The number of ether oxygens (including phenoxy) is 4. The molecule has 12 fully saturated rings. The number of carbonyl (C=O) groups is 5. The van der Waals surface area contributed by atoms with Crippen LogP contribution in [0.3, 0.4) is 0 Å². The van der Waals surface area contributed by atoms with Crippen molar-refractivity contribution < 1.29 is 93.1 Å². The van der Waals surface area contributed by atoms with E-state index in [1.165, 1.54) is 75.3 Å². The Balaban J connectivity index is 0.000000137. The molecule has 0 amide bonds. The van der Waals surface area contributed by atoms with E-state index in [0.29, 0.717) is 84.8 Å². The fraction of sp³-hybridized carbons (Fsp3) is 0.689. The highest BCUT2D eigenvalue weighted by Crippen LogP contribution is 2.80. The summed E-state index contributed by atoms with van der Waals surface area (Å²) in [6.45, 7) is 2.21. The molecular formula is C61H82N2O19. The highest BCUT2D eigenvalue weighted by atomic mass is 17.3. The standard InChI is InChI=1S/2C25H33NO4.C6H8O7.C4H4O4.CH4/c2*26-9-10-27-22-3-1-16(2-4-22)17-5-7-24(8-6-17)28-25(30-29-24)20-12-18-11-19-13-21(25)15-23(18,19)14-20;7-3(8)1-6(13,5(11)12)2-4(9)10;5-3(6)1-2-4(7)8;/h2*1-4,17-21H,5-15,26H2;13H,1-2H2,(H,7,8)(H,9,10)(H,11,12);1-2H,(H,5,6)(H,7,8);1H4/b;;;2-1-;. The molecule has 2 saturated heterocycles. The number of fused-ring (bicyclic) bond motifs is 8. The number of rotatable bonds is 15. The van der Waals surface area contributed by atoms with Crippen LogP contribution in [-0.2, 0) is 53.0 Å². The summed E-state index contributed by atoms with van der Waals surface area (Å²) in [5.74, 6) is -0.617. The first-order valence-electron chi connectivity index (χ1n) is 29.2. The molecule has 450 valence electrons. The van der Waals surface area contributed by atoms with Gasteiger partial charge in [-0.05, 0) is 172 Å². The number of carboxylic acids is 5. The summed E-state index contributed by atoms with van der Waals surface area (Å²) in [7, 11) is 0. The molecule has 8 unspecified atom stereocenters. The van der Waals surface area contributed by atoms with Gasteiger partial charge in [-0.1, -0.05) is 31.7 Å². The highest BCUT2D eigenvalue weighted by molar-refractivity contribution is 5.89. The van der Waals surface area contributed by atoms with E-state index in [4.69, 9.17) is 80.6 Å². The number of carboxylic acid groups (broad SMARTS) is 5. The molecule has 8 atom stereocenters. The van der Waals surface area contributed by atoms with Gasteiger partial charge in [0, 0.05) is 74.6 Å². The maximum absolute atomic E-state index is 10.3. The largest absolute Gasteiger partial charge is 0.492 e. The van der Waals surface area contributed by atoms with Crippen molar-refractivity contribution in [1.82, 2.24) is 0 Å². The minimum Gasteiger partial charge on any atom is -0.492 e. The molecule has 0 radical (unpaired) electrons. The molecule has 2 aromatic rings. The van der Waals surface area contributed by atoms with Gasteiger partial charge >= 0.3 is 29.8 Å². The van der Waals surface area contributed by atoms with Crippen LogP contribution in [0.5, 0.6) is 11.5 Å². The van der Waals surface area contributed by atoms with E-state index >= 15 is 0 Å². The van der Waals surface area contributed by atoms with Crippen LogP contribution in [0.1, 0.15) is 159 Å². The molecular weight excluding hydrogens is 1060 g/mol. The second kappa shape index (κ2) is 23.0. The molecule has 10 saturated carbocycles. The maximum Gasteiger partial charge on any atom is 0.336 e. The van der Waals surface area contributed by atoms with E-state index in [-0.39, 0.29) is 7.43 Å². The normalized spacial score (nSPS) is 39.4. The lowest BCUT2D eigenvalue weighted by Gasteiger charge is -2.49. The van der Waals surface area contributed by atoms with Crippen LogP contribution in [0, 0.1) is 58.2 Å². The van der Waals surface area contributed by atoms with Crippen LogP contribution < -0.4 is 20.9 Å². The second-order valence-electron chi connectivity index (χ2n) is 25.5. The zero-order valence-corrected chi connectivity index (χ0v) is 45.7. The second-order valence-corrected chi connectivity index (χ2v) is 25.5. The summed E-state index contributed by atoms with van der Waals surface area (Å²) >= 11 is 0. The smallest absolute Gasteiger partial charge is 0.336 e. The van der Waals surface area contributed by atoms with Gasteiger partial charge in [0.2, 0.25) is 23.1 Å². The lowest BCUT2D eigenvalue weighted by molar-refractivity contribution is -0.374. The molecule has 14 rings (SSSR count). The third-order valence-corrected chi connectivity index (χ3v) is 21.4. The minimum absolute atomic E-state index is 0. The topological polar surface area (TPSA) is 333 Å². The number of hydrogen-bond donors (Lipinski definition) is 8. The predicted molar refractivity (Wildman–Crippen MR) is 289 cm³/mol. The van der Waals surface area contributed by atoms with Crippen molar-refractivity contribution in [3.05, 3.63) is 71.8 Å². The minimum atomic E-state index is -2.74. The summed E-state index contributed by atoms with van der Waals surface area (Å²) in [6, 6.07) is 17.1. The van der Waals surface area contributed by atoms with Gasteiger partial charge in [0.25, 0.3) is 0 Å². The number of benzene rings is 2. The van der Waals surface area contributed by atoms with Crippen molar-refractivity contribution in [3.8, 4) is 11.5 Å². The van der Waals surface area contributed by atoms with Crippen LogP contribution in [-0.4, -0.2) is 116 Å². The fourth-order valence-electron chi connectivity index (χ4n) is 17.8. The molecule has 21 nitrogen and oxygen atoms in total. The van der Waals surface area contributed by atoms with Gasteiger partial charge in [-0.3, -0.25) is 9.59 Å². The molecule has 6 spiro atoms. The molecule has 21 heteroatoms. The number of aliphatic carboxylic acids is 5.